The maximum absolute atomic E-state index is 5.35. The highest BCUT2D eigenvalue weighted by Crippen LogP contribution is 2.68. The molecule has 3 aliphatic carbocycles. The van der Waals surface area contributed by atoms with E-state index in [4.69, 9.17) is 15.0 Å². The van der Waals surface area contributed by atoms with Crippen molar-refractivity contribution in [1.82, 2.24) is 19.5 Å². The number of benzene rings is 10. The maximum atomic E-state index is 5.35. The summed E-state index contributed by atoms with van der Waals surface area (Å²) in [4.78, 5) is 15.8. The van der Waals surface area contributed by atoms with Gasteiger partial charge in [-0.05, 0) is 89.7 Å². The van der Waals surface area contributed by atoms with Gasteiger partial charge >= 0.3 is 0 Å². The molecule has 0 fully saturated rings. The Morgan fingerprint density at radius 3 is 1.28 bits per heavy atom. The van der Waals surface area contributed by atoms with Gasteiger partial charge in [0.1, 0.15) is 0 Å². The summed E-state index contributed by atoms with van der Waals surface area (Å²) in [5.74, 6) is 1.84. The first-order valence-electron chi connectivity index (χ1n) is 23.1. The van der Waals surface area contributed by atoms with Gasteiger partial charge in [0.2, 0.25) is 5.95 Å². The molecule has 67 heavy (non-hydrogen) atoms. The lowest BCUT2D eigenvalue weighted by Gasteiger charge is -2.48. The van der Waals surface area contributed by atoms with E-state index in [1.54, 1.807) is 0 Å². The highest BCUT2D eigenvalue weighted by molar-refractivity contribution is 6.26. The molecule has 3 aliphatic rings. The molecule has 0 amide bonds. The second-order valence-corrected chi connectivity index (χ2v) is 18.1. The Labute approximate surface area is 387 Å². The summed E-state index contributed by atoms with van der Waals surface area (Å²) in [6.07, 6.45) is 0. The molecule has 0 radical (unpaired) electrons. The lowest BCUT2D eigenvalue weighted by atomic mass is 9.52. The van der Waals surface area contributed by atoms with Crippen LogP contribution in [0.1, 0.15) is 44.5 Å². The summed E-state index contributed by atoms with van der Waals surface area (Å²) in [5, 5.41) is 4.77. The zero-order valence-electron chi connectivity index (χ0n) is 36.2. The topological polar surface area (TPSA) is 43.6 Å². The van der Waals surface area contributed by atoms with Crippen LogP contribution in [0.15, 0.2) is 231 Å². The predicted molar refractivity (Wildman–Crippen MR) is 271 cm³/mol. The molecule has 310 valence electrons. The summed E-state index contributed by atoms with van der Waals surface area (Å²) in [6.45, 7) is 0. The molecule has 0 bridgehead atoms. The van der Waals surface area contributed by atoms with E-state index < -0.39 is 10.8 Å². The molecule has 0 atom stereocenters. The van der Waals surface area contributed by atoms with Crippen molar-refractivity contribution >= 4 is 32.6 Å². The second kappa shape index (κ2) is 13.4. The molecule has 0 N–H and O–H groups in total. The van der Waals surface area contributed by atoms with E-state index >= 15 is 0 Å². The van der Waals surface area contributed by atoms with Crippen LogP contribution >= 0.6 is 0 Å². The van der Waals surface area contributed by atoms with Gasteiger partial charge in [0.05, 0.1) is 21.9 Å². The van der Waals surface area contributed by atoms with Crippen LogP contribution in [0.3, 0.4) is 0 Å². The maximum Gasteiger partial charge on any atom is 0.238 e. The van der Waals surface area contributed by atoms with Crippen molar-refractivity contribution in [3.8, 4) is 51.0 Å². The van der Waals surface area contributed by atoms with Crippen molar-refractivity contribution in [2.45, 2.75) is 10.8 Å². The van der Waals surface area contributed by atoms with Crippen molar-refractivity contribution in [2.75, 3.05) is 0 Å². The predicted octanol–water partition coefficient (Wildman–Crippen LogP) is 14.5. The summed E-state index contributed by atoms with van der Waals surface area (Å²) >= 11 is 0. The molecule has 2 aromatic heterocycles. The van der Waals surface area contributed by atoms with Gasteiger partial charge in [-0.2, -0.15) is 9.97 Å². The van der Waals surface area contributed by atoms with Gasteiger partial charge in [0, 0.05) is 21.9 Å². The number of fused-ring (bicyclic) bond motifs is 22. The van der Waals surface area contributed by atoms with Gasteiger partial charge in [0.25, 0.3) is 0 Å². The first-order chi connectivity index (χ1) is 33.3. The molecule has 0 unspecified atom stereocenters. The summed E-state index contributed by atoms with van der Waals surface area (Å²) in [6, 6.07) is 84.7. The normalized spacial score (nSPS) is 14.2. The van der Waals surface area contributed by atoms with Crippen LogP contribution in [0.4, 0.5) is 0 Å². The third kappa shape index (κ3) is 4.59. The van der Waals surface area contributed by atoms with E-state index in [9.17, 15) is 0 Å². The van der Waals surface area contributed by atoms with Crippen molar-refractivity contribution < 1.29 is 0 Å². The standard InChI is InChI=1S/C63H38N4/c1-3-20-40(21-4-1)59-64-60(41-22-5-2-6-23-41)66-61(65-59)67-54-37-35-39-19-7-8-24-42(39)57(54)58-55(67)38-36-53-56(58)45-27-11-14-30-48(45)63(53)51-33-17-15-31-49(51)62(50-32-16-18-34-52(50)63)46-28-12-9-25-43(46)44-26-10-13-29-47(44)62/h1-38H. The molecule has 12 aromatic rings. The van der Waals surface area contributed by atoms with Gasteiger partial charge in [-0.15, -0.1) is 0 Å². The number of aromatic nitrogens is 4. The minimum atomic E-state index is -0.627. The van der Waals surface area contributed by atoms with Crippen molar-refractivity contribution in [1.29, 1.82) is 0 Å². The quantitative estimate of drug-likeness (QED) is 0.178. The van der Waals surface area contributed by atoms with Crippen LogP contribution in [-0.4, -0.2) is 19.5 Å². The van der Waals surface area contributed by atoms with E-state index in [2.05, 4.69) is 199 Å². The number of hydrogen-bond donors (Lipinski definition) is 0. The molecule has 0 saturated carbocycles. The van der Waals surface area contributed by atoms with E-state index in [-0.39, 0.29) is 0 Å². The van der Waals surface area contributed by atoms with Crippen LogP contribution in [0, 0.1) is 0 Å². The summed E-state index contributed by atoms with van der Waals surface area (Å²) in [7, 11) is 0. The van der Waals surface area contributed by atoms with Gasteiger partial charge in [0.15, 0.2) is 11.6 Å². The first-order valence-corrected chi connectivity index (χ1v) is 23.1. The van der Waals surface area contributed by atoms with E-state index in [0.29, 0.717) is 17.6 Å². The van der Waals surface area contributed by atoms with Gasteiger partial charge < -0.3 is 0 Å². The van der Waals surface area contributed by atoms with Crippen LogP contribution < -0.4 is 0 Å². The number of rotatable bonds is 3. The van der Waals surface area contributed by atoms with Crippen LogP contribution in [-0.2, 0) is 10.8 Å². The molecule has 4 nitrogen and oxygen atoms in total. The van der Waals surface area contributed by atoms with Gasteiger partial charge in [-0.25, -0.2) is 4.98 Å². The Bertz CT molecular complexity index is 3900. The molecule has 0 aliphatic heterocycles. The number of hydrogen-bond acceptors (Lipinski definition) is 3. The zero-order chi connectivity index (χ0) is 43.8. The van der Waals surface area contributed by atoms with E-state index in [1.807, 2.05) is 36.4 Å². The van der Waals surface area contributed by atoms with Crippen LogP contribution in [0.25, 0.3) is 83.6 Å². The smallest absolute Gasteiger partial charge is 0.238 e. The fourth-order valence-electron chi connectivity index (χ4n) is 12.7. The summed E-state index contributed by atoms with van der Waals surface area (Å²) in [5.41, 5.74) is 18.5. The minimum Gasteiger partial charge on any atom is -0.278 e. The fraction of sp³-hybridized carbons (Fsp3) is 0.0317. The second-order valence-electron chi connectivity index (χ2n) is 18.1. The first kappa shape index (κ1) is 36.6. The summed E-state index contributed by atoms with van der Waals surface area (Å²) < 4.78 is 2.29. The molecular weight excluding hydrogens is 813 g/mol. The van der Waals surface area contributed by atoms with Gasteiger partial charge in [-0.3, -0.25) is 4.57 Å². The Hall–Kier alpha value is -8.73. The lowest BCUT2D eigenvalue weighted by Crippen LogP contribution is -2.43. The molecule has 2 spiro atoms. The largest absolute Gasteiger partial charge is 0.278 e. The molecule has 15 rings (SSSR count). The molecule has 2 heterocycles. The lowest BCUT2D eigenvalue weighted by molar-refractivity contribution is 0.633. The van der Waals surface area contributed by atoms with Crippen LogP contribution in [0.2, 0.25) is 0 Å². The third-order valence-corrected chi connectivity index (χ3v) is 15.1. The zero-order valence-corrected chi connectivity index (χ0v) is 36.2. The SMILES string of the molecule is c1ccc(-c2nc(-c3ccccc3)nc(-n3c4ccc5c(c4c4c6ccccc6ccc43)-c3ccccc3C53c4ccccc4C4(c5ccccc5-c5ccccc54)c4ccccc43)n2)cc1. The minimum absolute atomic E-state index is 0.509. The Morgan fingerprint density at radius 1 is 0.299 bits per heavy atom. The van der Waals surface area contributed by atoms with Gasteiger partial charge in [-0.1, -0.05) is 218 Å². The Balaban J connectivity index is 1.10. The third-order valence-electron chi connectivity index (χ3n) is 15.1. The highest BCUT2D eigenvalue weighted by Gasteiger charge is 2.59. The average Bonchev–Trinajstić information content (AvgIpc) is 4.02. The molecular formula is C63H38N4. The fourth-order valence-corrected chi connectivity index (χ4v) is 12.7. The molecule has 4 heteroatoms. The monoisotopic (exact) mass is 850 g/mol. The van der Waals surface area contributed by atoms with E-state index in [0.717, 1.165) is 22.2 Å². The van der Waals surface area contributed by atoms with Crippen LogP contribution in [0.5, 0.6) is 0 Å². The molecule has 10 aromatic carbocycles. The Kier molecular flexibility index (Phi) is 7.33. The Morgan fingerprint density at radius 2 is 0.716 bits per heavy atom. The van der Waals surface area contributed by atoms with E-state index in [1.165, 1.54) is 88.3 Å². The van der Waals surface area contributed by atoms with Crippen molar-refractivity contribution in [2.24, 2.45) is 0 Å². The van der Waals surface area contributed by atoms with Crippen molar-refractivity contribution in [3.63, 3.8) is 0 Å². The molecule has 0 saturated heterocycles. The highest BCUT2D eigenvalue weighted by atomic mass is 15.2. The number of nitrogens with zero attached hydrogens (tertiary/aromatic N) is 4. The average molecular weight is 851 g/mol. The van der Waals surface area contributed by atoms with Crippen molar-refractivity contribution in [3.05, 3.63) is 275 Å².